The molecule has 4 nitrogen and oxygen atoms in total. The fourth-order valence-corrected chi connectivity index (χ4v) is 2.43. The first kappa shape index (κ1) is 14.8. The van der Waals surface area contributed by atoms with Crippen LogP contribution < -0.4 is 4.74 Å². The van der Waals surface area contributed by atoms with Crippen LogP contribution in [0.3, 0.4) is 0 Å². The van der Waals surface area contributed by atoms with Gasteiger partial charge in [-0.05, 0) is 34.0 Å². The maximum absolute atomic E-state index is 10.4. The van der Waals surface area contributed by atoms with Crippen LogP contribution in [0.5, 0.6) is 5.75 Å². The Kier molecular flexibility index (Phi) is 4.34. The molecule has 23 heavy (non-hydrogen) atoms. The monoisotopic (exact) mass is 305 g/mol. The summed E-state index contributed by atoms with van der Waals surface area (Å²) < 4.78 is 5.84. The van der Waals surface area contributed by atoms with Crippen LogP contribution in [-0.4, -0.2) is 4.92 Å². The molecule has 0 amide bonds. The van der Waals surface area contributed by atoms with E-state index >= 15 is 0 Å². The van der Waals surface area contributed by atoms with E-state index in [1.165, 1.54) is 16.8 Å². The second kappa shape index (κ2) is 6.75. The van der Waals surface area contributed by atoms with Crippen molar-refractivity contribution in [3.63, 3.8) is 0 Å². The molecule has 0 N–H and O–H groups in total. The van der Waals surface area contributed by atoms with Crippen molar-refractivity contribution in [3.8, 4) is 5.75 Å². The van der Waals surface area contributed by atoms with Crippen molar-refractivity contribution in [1.82, 2.24) is 0 Å². The molecule has 0 atom stereocenters. The number of nitro groups is 1. The number of rotatable bonds is 5. The van der Waals surface area contributed by atoms with Gasteiger partial charge in [0.1, 0.15) is 12.4 Å². The normalized spacial score (nSPS) is 11.0. The number of benzene rings is 3. The van der Waals surface area contributed by atoms with Gasteiger partial charge in [-0.15, -0.1) is 0 Å². The summed E-state index contributed by atoms with van der Waals surface area (Å²) in [7, 11) is 0. The van der Waals surface area contributed by atoms with Crippen molar-refractivity contribution in [2.24, 2.45) is 0 Å². The van der Waals surface area contributed by atoms with E-state index < -0.39 is 4.92 Å². The summed E-state index contributed by atoms with van der Waals surface area (Å²) in [6.07, 6.45) is 2.37. The van der Waals surface area contributed by atoms with Crippen LogP contribution in [-0.2, 0) is 6.61 Å². The molecule has 3 rings (SSSR count). The molecule has 3 aromatic rings. The van der Waals surface area contributed by atoms with Crippen molar-refractivity contribution in [2.45, 2.75) is 6.61 Å². The van der Waals surface area contributed by atoms with Crippen LogP contribution in [0.15, 0.2) is 72.9 Å². The molecular weight excluding hydrogens is 290 g/mol. The molecular formula is C19H15NO3. The Balaban J connectivity index is 1.77. The predicted octanol–water partition coefficient (Wildman–Crippen LogP) is 4.67. The molecule has 0 unspecified atom stereocenters. The number of hydrogen-bond donors (Lipinski definition) is 0. The third-order valence-electron chi connectivity index (χ3n) is 3.52. The molecule has 3 aromatic carbocycles. The lowest BCUT2D eigenvalue weighted by molar-refractivity contribution is -0.400. The van der Waals surface area contributed by atoms with Crippen LogP contribution in [0.4, 0.5) is 0 Å². The van der Waals surface area contributed by atoms with E-state index in [0.717, 1.165) is 17.3 Å². The van der Waals surface area contributed by atoms with Gasteiger partial charge in [-0.3, -0.25) is 10.1 Å². The molecule has 0 aliphatic heterocycles. The van der Waals surface area contributed by atoms with Gasteiger partial charge < -0.3 is 4.74 Å². The summed E-state index contributed by atoms with van der Waals surface area (Å²) in [5.41, 5.74) is 1.84. The molecule has 114 valence electrons. The maximum atomic E-state index is 10.4. The van der Waals surface area contributed by atoms with Gasteiger partial charge in [0.2, 0.25) is 6.20 Å². The minimum Gasteiger partial charge on any atom is -0.489 e. The Morgan fingerprint density at radius 2 is 1.78 bits per heavy atom. The fraction of sp³-hybridized carbons (Fsp3) is 0.0526. The number of hydrogen-bond acceptors (Lipinski definition) is 3. The van der Waals surface area contributed by atoms with Crippen LogP contribution in [0.25, 0.3) is 16.8 Å². The Morgan fingerprint density at radius 1 is 1.00 bits per heavy atom. The number of fused-ring (bicyclic) bond motifs is 1. The first-order chi connectivity index (χ1) is 11.2. The Hall–Kier alpha value is -3.14. The second-order valence-electron chi connectivity index (χ2n) is 5.10. The van der Waals surface area contributed by atoms with E-state index in [0.29, 0.717) is 12.4 Å². The summed E-state index contributed by atoms with van der Waals surface area (Å²) >= 11 is 0. The van der Waals surface area contributed by atoms with Gasteiger partial charge in [0.25, 0.3) is 0 Å². The molecule has 0 bridgehead atoms. The summed E-state index contributed by atoms with van der Waals surface area (Å²) in [6, 6.07) is 21.5. The topological polar surface area (TPSA) is 52.4 Å². The summed E-state index contributed by atoms with van der Waals surface area (Å²) in [4.78, 5) is 9.90. The molecule has 0 heterocycles. The molecule has 4 heteroatoms. The SMILES string of the molecule is O=[N+]([O-])C=Cc1cccc(OCc2cccc3ccccc23)c1. The van der Waals surface area contributed by atoms with Gasteiger partial charge in [-0.25, -0.2) is 0 Å². The van der Waals surface area contributed by atoms with Crippen molar-refractivity contribution in [1.29, 1.82) is 0 Å². The lowest BCUT2D eigenvalue weighted by Crippen LogP contribution is -1.96. The number of ether oxygens (including phenoxy) is 1. The van der Waals surface area contributed by atoms with Gasteiger partial charge in [0.05, 0.1) is 4.92 Å². The first-order valence-electron chi connectivity index (χ1n) is 7.23. The van der Waals surface area contributed by atoms with E-state index in [-0.39, 0.29) is 0 Å². The molecule has 0 saturated heterocycles. The van der Waals surface area contributed by atoms with Crippen LogP contribution >= 0.6 is 0 Å². The second-order valence-corrected chi connectivity index (χ2v) is 5.10. The van der Waals surface area contributed by atoms with E-state index in [9.17, 15) is 10.1 Å². The van der Waals surface area contributed by atoms with Crippen molar-refractivity contribution < 1.29 is 9.66 Å². The van der Waals surface area contributed by atoms with Gasteiger partial charge >= 0.3 is 0 Å². The molecule has 0 aliphatic rings. The quantitative estimate of drug-likeness (QED) is 0.508. The van der Waals surface area contributed by atoms with Crippen molar-refractivity contribution >= 4 is 16.8 Å². The van der Waals surface area contributed by atoms with Crippen molar-refractivity contribution in [3.05, 3.63) is 94.2 Å². The van der Waals surface area contributed by atoms with E-state index in [2.05, 4.69) is 18.2 Å². The third kappa shape index (κ3) is 3.74. The van der Waals surface area contributed by atoms with Crippen LogP contribution in [0, 0.1) is 10.1 Å². The highest BCUT2D eigenvalue weighted by atomic mass is 16.6. The zero-order valence-electron chi connectivity index (χ0n) is 12.4. The van der Waals surface area contributed by atoms with E-state index in [4.69, 9.17) is 4.74 Å². The highest BCUT2D eigenvalue weighted by Crippen LogP contribution is 2.21. The maximum Gasteiger partial charge on any atom is 0.235 e. The van der Waals surface area contributed by atoms with Crippen LogP contribution in [0.2, 0.25) is 0 Å². The minimum atomic E-state index is -0.483. The average molecular weight is 305 g/mol. The van der Waals surface area contributed by atoms with Gasteiger partial charge in [-0.1, -0.05) is 54.6 Å². The first-order valence-corrected chi connectivity index (χ1v) is 7.23. The Labute approximate surface area is 133 Å². The zero-order chi connectivity index (χ0) is 16.1. The Morgan fingerprint density at radius 3 is 2.65 bits per heavy atom. The highest BCUT2D eigenvalue weighted by molar-refractivity contribution is 5.85. The predicted molar refractivity (Wildman–Crippen MR) is 90.8 cm³/mol. The van der Waals surface area contributed by atoms with Gasteiger partial charge in [0.15, 0.2) is 0 Å². The fourth-order valence-electron chi connectivity index (χ4n) is 2.43. The molecule has 0 aromatic heterocycles. The van der Waals surface area contributed by atoms with Crippen LogP contribution in [0.1, 0.15) is 11.1 Å². The summed E-state index contributed by atoms with van der Waals surface area (Å²) in [5.74, 6) is 0.684. The highest BCUT2D eigenvalue weighted by Gasteiger charge is 2.02. The molecule has 0 saturated carbocycles. The molecule has 0 spiro atoms. The van der Waals surface area contributed by atoms with Crippen molar-refractivity contribution in [2.75, 3.05) is 0 Å². The zero-order valence-corrected chi connectivity index (χ0v) is 12.4. The third-order valence-corrected chi connectivity index (χ3v) is 3.52. The molecule has 0 radical (unpaired) electrons. The smallest absolute Gasteiger partial charge is 0.235 e. The minimum absolute atomic E-state index is 0.448. The van der Waals surface area contributed by atoms with Gasteiger partial charge in [-0.2, -0.15) is 0 Å². The lowest BCUT2D eigenvalue weighted by atomic mass is 10.1. The average Bonchev–Trinajstić information content (AvgIpc) is 2.58. The lowest BCUT2D eigenvalue weighted by Gasteiger charge is -2.09. The molecule has 0 fully saturated rings. The Bertz CT molecular complexity index is 866. The summed E-state index contributed by atoms with van der Waals surface area (Å²) in [5, 5.41) is 12.7. The van der Waals surface area contributed by atoms with E-state index in [1.54, 1.807) is 12.1 Å². The molecule has 0 aliphatic carbocycles. The van der Waals surface area contributed by atoms with E-state index in [1.807, 2.05) is 36.4 Å². The number of nitrogens with zero attached hydrogens (tertiary/aromatic N) is 1. The standard InChI is InChI=1S/C19H15NO3/c21-20(22)12-11-15-5-3-9-18(13-15)23-14-17-8-4-7-16-6-1-2-10-19(16)17/h1-13H,14H2. The largest absolute Gasteiger partial charge is 0.489 e. The summed E-state index contributed by atoms with van der Waals surface area (Å²) in [6.45, 7) is 0.448. The van der Waals surface area contributed by atoms with Gasteiger partial charge in [0, 0.05) is 6.08 Å².